The van der Waals surface area contributed by atoms with Crippen molar-refractivity contribution in [3.05, 3.63) is 36.2 Å². The van der Waals surface area contributed by atoms with E-state index in [1.165, 1.54) is 37.8 Å². The van der Waals surface area contributed by atoms with Gasteiger partial charge in [0, 0.05) is 50.0 Å². The summed E-state index contributed by atoms with van der Waals surface area (Å²) in [5.41, 5.74) is 2.44. The third-order valence-electron chi connectivity index (χ3n) is 8.78. The van der Waals surface area contributed by atoms with Gasteiger partial charge in [0.15, 0.2) is 0 Å². The highest BCUT2D eigenvalue weighted by Crippen LogP contribution is 2.42. The lowest BCUT2D eigenvalue weighted by molar-refractivity contribution is 0.140. The molecule has 8 nitrogen and oxygen atoms in total. The SMILES string of the molecule is CCN1C(C)CN(c2ccc(Nc3ncc4c(n3)N3C(C=C4)CNCC34CCCCC4)nc2)CC1C. The molecule has 6 rings (SSSR count). The molecular formula is C28H40N8. The average molecular weight is 489 g/mol. The largest absolute Gasteiger partial charge is 0.367 e. The fourth-order valence-electron chi connectivity index (χ4n) is 7.06. The number of piperazine rings is 2. The number of pyridine rings is 1. The lowest BCUT2D eigenvalue weighted by Crippen LogP contribution is -2.67. The van der Waals surface area contributed by atoms with Crippen molar-refractivity contribution in [1.82, 2.24) is 25.2 Å². The van der Waals surface area contributed by atoms with Gasteiger partial charge in [0.25, 0.3) is 0 Å². The summed E-state index contributed by atoms with van der Waals surface area (Å²) < 4.78 is 0. The Hall–Kier alpha value is -2.71. The molecule has 36 heavy (non-hydrogen) atoms. The lowest BCUT2D eigenvalue weighted by Gasteiger charge is -2.55. The Morgan fingerprint density at radius 2 is 1.86 bits per heavy atom. The molecule has 1 saturated carbocycles. The van der Waals surface area contributed by atoms with Crippen molar-refractivity contribution in [3.63, 3.8) is 0 Å². The highest BCUT2D eigenvalue weighted by Gasteiger charge is 2.45. The monoisotopic (exact) mass is 488 g/mol. The maximum absolute atomic E-state index is 5.06. The van der Waals surface area contributed by atoms with Crippen LogP contribution in [-0.2, 0) is 0 Å². The molecule has 3 fully saturated rings. The Bertz CT molecular complexity index is 1080. The summed E-state index contributed by atoms with van der Waals surface area (Å²) >= 11 is 0. The van der Waals surface area contributed by atoms with Crippen LogP contribution in [0.4, 0.5) is 23.3 Å². The molecule has 5 heterocycles. The van der Waals surface area contributed by atoms with E-state index in [1.54, 1.807) is 0 Å². The van der Waals surface area contributed by atoms with Crippen molar-refractivity contribution in [2.24, 2.45) is 0 Å². The van der Waals surface area contributed by atoms with Gasteiger partial charge < -0.3 is 20.4 Å². The summed E-state index contributed by atoms with van der Waals surface area (Å²) in [6.45, 7) is 12.1. The maximum atomic E-state index is 5.06. The first-order valence-electron chi connectivity index (χ1n) is 13.9. The minimum Gasteiger partial charge on any atom is -0.367 e. The van der Waals surface area contributed by atoms with E-state index >= 15 is 0 Å². The van der Waals surface area contributed by atoms with Crippen LogP contribution in [0.3, 0.4) is 0 Å². The summed E-state index contributed by atoms with van der Waals surface area (Å²) in [5, 5.41) is 7.08. The molecule has 2 aromatic heterocycles. The second-order valence-corrected chi connectivity index (χ2v) is 11.1. The lowest BCUT2D eigenvalue weighted by atomic mass is 9.77. The predicted octanol–water partition coefficient (Wildman–Crippen LogP) is 4.04. The highest BCUT2D eigenvalue weighted by atomic mass is 15.3. The third kappa shape index (κ3) is 4.24. The molecular weight excluding hydrogens is 448 g/mol. The Morgan fingerprint density at radius 1 is 1.06 bits per heavy atom. The topological polar surface area (TPSA) is 72.5 Å². The number of fused-ring (bicyclic) bond motifs is 4. The van der Waals surface area contributed by atoms with Gasteiger partial charge in [-0.25, -0.2) is 9.97 Å². The van der Waals surface area contributed by atoms with Crippen molar-refractivity contribution >= 4 is 29.3 Å². The van der Waals surface area contributed by atoms with Crippen LogP contribution in [0.1, 0.15) is 58.4 Å². The van der Waals surface area contributed by atoms with Gasteiger partial charge in [-0.1, -0.05) is 38.3 Å². The zero-order valence-electron chi connectivity index (χ0n) is 22.0. The van der Waals surface area contributed by atoms with Crippen LogP contribution in [0.25, 0.3) is 6.08 Å². The number of rotatable bonds is 4. The molecule has 192 valence electrons. The second kappa shape index (κ2) is 9.63. The molecule has 2 aromatic rings. The van der Waals surface area contributed by atoms with Crippen LogP contribution in [0, 0.1) is 0 Å². The van der Waals surface area contributed by atoms with Crippen molar-refractivity contribution in [2.45, 2.75) is 76.5 Å². The molecule has 0 radical (unpaired) electrons. The molecule has 2 saturated heterocycles. The molecule has 0 aromatic carbocycles. The predicted molar refractivity (Wildman–Crippen MR) is 147 cm³/mol. The van der Waals surface area contributed by atoms with Gasteiger partial charge in [-0.05, 0) is 45.4 Å². The first kappa shape index (κ1) is 23.7. The van der Waals surface area contributed by atoms with Crippen LogP contribution < -0.4 is 20.4 Å². The van der Waals surface area contributed by atoms with Gasteiger partial charge >= 0.3 is 0 Å². The van der Waals surface area contributed by atoms with Crippen LogP contribution >= 0.6 is 0 Å². The van der Waals surface area contributed by atoms with E-state index in [0.717, 1.165) is 49.9 Å². The molecule has 8 heteroatoms. The van der Waals surface area contributed by atoms with Crippen molar-refractivity contribution in [3.8, 4) is 0 Å². The smallest absolute Gasteiger partial charge is 0.230 e. The number of likely N-dealkylation sites (N-methyl/N-ethyl adjacent to an activating group) is 1. The van der Waals surface area contributed by atoms with Gasteiger partial charge in [-0.3, -0.25) is 4.90 Å². The zero-order valence-corrected chi connectivity index (χ0v) is 22.0. The minimum atomic E-state index is 0.155. The van der Waals surface area contributed by atoms with Gasteiger partial charge in [0.1, 0.15) is 11.6 Å². The van der Waals surface area contributed by atoms with Crippen molar-refractivity contribution in [2.75, 3.05) is 47.8 Å². The Labute approximate surface area is 215 Å². The summed E-state index contributed by atoms with van der Waals surface area (Å²) in [4.78, 5) is 22.1. The summed E-state index contributed by atoms with van der Waals surface area (Å²) in [6.07, 6.45) is 14.8. The number of aromatic nitrogens is 3. The maximum Gasteiger partial charge on any atom is 0.230 e. The first-order chi connectivity index (χ1) is 17.6. The summed E-state index contributed by atoms with van der Waals surface area (Å²) in [7, 11) is 0. The normalized spacial score (nSPS) is 27.6. The van der Waals surface area contributed by atoms with Crippen LogP contribution in [0.5, 0.6) is 0 Å². The summed E-state index contributed by atoms with van der Waals surface area (Å²) in [5.74, 6) is 2.46. The molecule has 4 aliphatic rings. The van der Waals surface area contributed by atoms with Gasteiger partial charge in [-0.2, -0.15) is 4.98 Å². The van der Waals surface area contributed by atoms with Crippen molar-refractivity contribution in [1.29, 1.82) is 0 Å². The molecule has 0 bridgehead atoms. The molecule has 3 atom stereocenters. The van der Waals surface area contributed by atoms with E-state index < -0.39 is 0 Å². The van der Waals surface area contributed by atoms with E-state index in [1.807, 2.05) is 12.4 Å². The second-order valence-electron chi connectivity index (χ2n) is 11.1. The fourth-order valence-corrected chi connectivity index (χ4v) is 7.06. The standard InChI is InChI=1S/C28H40N8/c1-4-35-20(2)17-34(18-21(35)3)23-10-11-25(30-16-23)32-27-31-14-22-8-9-24-15-29-19-28(12-6-5-7-13-28)36(24)26(22)33-27/h8-11,14,16,20-21,24,29H,4-7,12-13,15,17-19H2,1-3H3,(H,30,31,32,33). The fraction of sp³-hybridized carbons (Fsp3) is 0.607. The Kier molecular flexibility index (Phi) is 6.33. The average Bonchev–Trinajstić information content (AvgIpc) is 2.89. The molecule has 2 N–H and O–H groups in total. The minimum absolute atomic E-state index is 0.155. The van der Waals surface area contributed by atoms with Gasteiger partial charge in [0.2, 0.25) is 5.95 Å². The highest BCUT2D eigenvalue weighted by molar-refractivity contribution is 5.71. The third-order valence-corrected chi connectivity index (χ3v) is 8.78. The van der Waals surface area contributed by atoms with Gasteiger partial charge in [-0.15, -0.1) is 0 Å². The van der Waals surface area contributed by atoms with E-state index in [4.69, 9.17) is 9.97 Å². The van der Waals surface area contributed by atoms with Crippen LogP contribution in [-0.4, -0.2) is 76.2 Å². The summed E-state index contributed by atoms with van der Waals surface area (Å²) in [6, 6.07) is 5.64. The molecule has 3 unspecified atom stereocenters. The number of hydrogen-bond donors (Lipinski definition) is 2. The quantitative estimate of drug-likeness (QED) is 0.668. The Morgan fingerprint density at radius 3 is 2.58 bits per heavy atom. The number of anilines is 4. The zero-order chi connectivity index (χ0) is 24.7. The van der Waals surface area contributed by atoms with E-state index in [0.29, 0.717) is 24.1 Å². The van der Waals surface area contributed by atoms with E-state index in [2.05, 4.69) is 75.4 Å². The van der Waals surface area contributed by atoms with Crippen molar-refractivity contribution < 1.29 is 0 Å². The first-order valence-corrected chi connectivity index (χ1v) is 13.9. The molecule has 0 amide bonds. The molecule has 3 aliphatic heterocycles. The number of hydrogen-bond acceptors (Lipinski definition) is 8. The van der Waals surface area contributed by atoms with Gasteiger partial charge in [0.05, 0.1) is 23.5 Å². The molecule has 1 spiro atoms. The van der Waals surface area contributed by atoms with E-state index in [-0.39, 0.29) is 5.54 Å². The van der Waals surface area contributed by atoms with E-state index in [9.17, 15) is 0 Å². The van der Waals surface area contributed by atoms with Crippen LogP contribution in [0.2, 0.25) is 0 Å². The molecule has 1 aliphatic carbocycles. The van der Waals surface area contributed by atoms with Crippen LogP contribution in [0.15, 0.2) is 30.6 Å². The Balaban J connectivity index is 1.21. The number of nitrogens with zero attached hydrogens (tertiary/aromatic N) is 6. The number of nitrogens with one attached hydrogen (secondary N) is 2.